The van der Waals surface area contributed by atoms with Gasteiger partial charge in [0.1, 0.15) is 5.75 Å². The van der Waals surface area contributed by atoms with Crippen molar-refractivity contribution in [1.29, 1.82) is 0 Å². The Balaban J connectivity index is 1.68. The molecule has 0 saturated heterocycles. The van der Waals surface area contributed by atoms with E-state index in [0.717, 1.165) is 34.4 Å². The first-order valence-corrected chi connectivity index (χ1v) is 8.99. The van der Waals surface area contributed by atoms with Gasteiger partial charge < -0.3 is 10.1 Å². The van der Waals surface area contributed by atoms with Crippen LogP contribution in [0.4, 0.5) is 0 Å². The minimum Gasteiger partial charge on any atom is -0.497 e. The molecule has 0 heterocycles. The van der Waals surface area contributed by atoms with Crippen molar-refractivity contribution in [1.82, 2.24) is 5.32 Å². The van der Waals surface area contributed by atoms with Gasteiger partial charge >= 0.3 is 0 Å². The minimum absolute atomic E-state index is 0.0915. The van der Waals surface area contributed by atoms with Crippen LogP contribution in [-0.4, -0.2) is 19.6 Å². The van der Waals surface area contributed by atoms with Crippen LogP contribution in [0.3, 0.4) is 0 Å². The minimum atomic E-state index is -0.0915. The maximum Gasteiger partial charge on any atom is 0.244 e. The van der Waals surface area contributed by atoms with E-state index in [2.05, 4.69) is 5.32 Å². The summed E-state index contributed by atoms with van der Waals surface area (Å²) in [6, 6.07) is 27.8. The van der Waals surface area contributed by atoms with Crippen LogP contribution in [0.15, 0.2) is 91.0 Å². The summed E-state index contributed by atoms with van der Waals surface area (Å²) in [5.41, 5.74) is 4.12. The molecule has 136 valence electrons. The summed E-state index contributed by atoms with van der Waals surface area (Å²) in [6.07, 6.45) is 2.45. The van der Waals surface area contributed by atoms with E-state index >= 15 is 0 Å². The van der Waals surface area contributed by atoms with Crippen molar-refractivity contribution >= 4 is 11.5 Å². The fraction of sp³-hybridized carbons (Fsp3) is 0.125. The average molecular weight is 357 g/mol. The number of benzene rings is 3. The molecular formula is C24H23NO2. The first-order chi connectivity index (χ1) is 13.3. The van der Waals surface area contributed by atoms with E-state index in [9.17, 15) is 4.79 Å². The van der Waals surface area contributed by atoms with Crippen molar-refractivity contribution < 1.29 is 9.53 Å². The van der Waals surface area contributed by atoms with Gasteiger partial charge in [0.05, 0.1) is 7.11 Å². The molecule has 0 bridgehead atoms. The van der Waals surface area contributed by atoms with E-state index in [1.165, 1.54) is 0 Å². The van der Waals surface area contributed by atoms with Gasteiger partial charge in [-0.2, -0.15) is 0 Å². The Bertz CT molecular complexity index is 843. The highest BCUT2D eigenvalue weighted by atomic mass is 16.5. The van der Waals surface area contributed by atoms with Crippen LogP contribution >= 0.6 is 0 Å². The fourth-order valence-electron chi connectivity index (χ4n) is 2.87. The molecule has 3 nitrogen and oxygen atoms in total. The van der Waals surface area contributed by atoms with Gasteiger partial charge in [0, 0.05) is 12.6 Å². The molecule has 0 fully saturated rings. The van der Waals surface area contributed by atoms with Gasteiger partial charge in [0.2, 0.25) is 5.91 Å². The number of hydrogen-bond donors (Lipinski definition) is 1. The molecule has 3 aromatic rings. The lowest BCUT2D eigenvalue weighted by atomic mass is 9.97. The lowest BCUT2D eigenvalue weighted by Crippen LogP contribution is -2.24. The quantitative estimate of drug-likeness (QED) is 0.633. The standard InChI is InChI=1S/C24H23NO2/c1-27-22-14-12-19(13-15-22)16-17-25-24(26)18-23(20-8-4-2-5-9-20)21-10-6-3-7-11-21/h2-15,18H,16-17H2,1H3,(H,25,26). The molecule has 1 N–H and O–H groups in total. The van der Waals surface area contributed by atoms with Gasteiger partial charge in [-0.3, -0.25) is 4.79 Å². The normalized spacial score (nSPS) is 10.1. The molecule has 0 unspecified atom stereocenters. The predicted molar refractivity (Wildman–Crippen MR) is 110 cm³/mol. The van der Waals surface area contributed by atoms with Crippen molar-refractivity contribution in [3.05, 3.63) is 108 Å². The number of nitrogens with one attached hydrogen (secondary N) is 1. The van der Waals surface area contributed by atoms with Gasteiger partial charge in [-0.25, -0.2) is 0 Å². The highest BCUT2D eigenvalue weighted by Crippen LogP contribution is 2.22. The van der Waals surface area contributed by atoms with Crippen LogP contribution in [0.2, 0.25) is 0 Å². The molecule has 0 aromatic heterocycles. The highest BCUT2D eigenvalue weighted by molar-refractivity contribution is 5.99. The number of rotatable bonds is 7. The maximum atomic E-state index is 12.5. The van der Waals surface area contributed by atoms with Crippen LogP contribution in [0.25, 0.3) is 5.57 Å². The van der Waals surface area contributed by atoms with E-state index in [1.807, 2.05) is 84.9 Å². The molecule has 3 heteroatoms. The Hall–Kier alpha value is -3.33. The third-order valence-electron chi connectivity index (χ3n) is 4.32. The highest BCUT2D eigenvalue weighted by Gasteiger charge is 2.07. The summed E-state index contributed by atoms with van der Waals surface area (Å²) < 4.78 is 5.16. The van der Waals surface area contributed by atoms with E-state index < -0.39 is 0 Å². The van der Waals surface area contributed by atoms with Gasteiger partial charge in [0.15, 0.2) is 0 Å². The Labute approximate surface area is 160 Å². The lowest BCUT2D eigenvalue weighted by molar-refractivity contribution is -0.116. The van der Waals surface area contributed by atoms with Crippen molar-refractivity contribution in [3.63, 3.8) is 0 Å². The second kappa shape index (κ2) is 9.39. The van der Waals surface area contributed by atoms with E-state index in [-0.39, 0.29) is 5.91 Å². The van der Waals surface area contributed by atoms with Gasteiger partial charge in [0.25, 0.3) is 0 Å². The maximum absolute atomic E-state index is 12.5. The van der Waals surface area contributed by atoms with E-state index in [1.54, 1.807) is 13.2 Å². The number of carbonyl (C=O) groups is 1. The Morgan fingerprint density at radius 1 is 0.852 bits per heavy atom. The Morgan fingerprint density at radius 2 is 1.41 bits per heavy atom. The molecular weight excluding hydrogens is 334 g/mol. The first kappa shape index (κ1) is 18.5. The molecule has 27 heavy (non-hydrogen) atoms. The summed E-state index contributed by atoms with van der Waals surface area (Å²) in [7, 11) is 1.65. The number of ether oxygens (including phenoxy) is 1. The number of amides is 1. The SMILES string of the molecule is COc1ccc(CCNC(=O)C=C(c2ccccc2)c2ccccc2)cc1. The number of methoxy groups -OCH3 is 1. The lowest BCUT2D eigenvalue weighted by Gasteiger charge is -2.09. The molecule has 0 aliphatic rings. The third-order valence-corrected chi connectivity index (χ3v) is 4.32. The fourth-order valence-corrected chi connectivity index (χ4v) is 2.87. The molecule has 0 radical (unpaired) electrons. The van der Waals surface area contributed by atoms with Gasteiger partial charge in [-0.15, -0.1) is 0 Å². The average Bonchev–Trinajstić information content (AvgIpc) is 2.74. The van der Waals surface area contributed by atoms with E-state index in [0.29, 0.717) is 6.54 Å². The molecule has 3 rings (SSSR count). The zero-order valence-electron chi connectivity index (χ0n) is 15.4. The topological polar surface area (TPSA) is 38.3 Å². The number of carbonyl (C=O) groups excluding carboxylic acids is 1. The van der Waals surface area contributed by atoms with Crippen LogP contribution < -0.4 is 10.1 Å². The number of hydrogen-bond acceptors (Lipinski definition) is 2. The summed E-state index contributed by atoms with van der Waals surface area (Å²) in [6.45, 7) is 0.582. The van der Waals surface area contributed by atoms with Crippen LogP contribution in [0.1, 0.15) is 16.7 Å². The molecule has 0 aliphatic carbocycles. The summed E-state index contributed by atoms with van der Waals surface area (Å²) >= 11 is 0. The van der Waals surface area contributed by atoms with Crippen LogP contribution in [0, 0.1) is 0 Å². The predicted octanol–water partition coefficient (Wildman–Crippen LogP) is 4.49. The zero-order valence-corrected chi connectivity index (χ0v) is 15.4. The Morgan fingerprint density at radius 3 is 1.93 bits per heavy atom. The van der Waals surface area contributed by atoms with E-state index in [4.69, 9.17) is 4.74 Å². The van der Waals surface area contributed by atoms with Gasteiger partial charge in [-0.1, -0.05) is 72.8 Å². The largest absolute Gasteiger partial charge is 0.497 e. The smallest absolute Gasteiger partial charge is 0.244 e. The molecule has 3 aromatic carbocycles. The molecule has 0 aliphatic heterocycles. The molecule has 0 atom stereocenters. The molecule has 1 amide bonds. The third kappa shape index (κ3) is 5.32. The zero-order chi connectivity index (χ0) is 18.9. The second-order valence-electron chi connectivity index (χ2n) is 6.18. The van der Waals surface area contributed by atoms with Crippen molar-refractivity contribution in [2.75, 3.05) is 13.7 Å². The van der Waals surface area contributed by atoms with Crippen LogP contribution in [-0.2, 0) is 11.2 Å². The molecule has 0 spiro atoms. The summed E-state index contributed by atoms with van der Waals surface area (Å²) in [4.78, 5) is 12.5. The van der Waals surface area contributed by atoms with Crippen molar-refractivity contribution in [2.24, 2.45) is 0 Å². The van der Waals surface area contributed by atoms with Crippen molar-refractivity contribution in [2.45, 2.75) is 6.42 Å². The van der Waals surface area contributed by atoms with Gasteiger partial charge in [-0.05, 0) is 40.8 Å². The summed E-state index contributed by atoms with van der Waals surface area (Å²) in [5, 5.41) is 2.98. The Kier molecular flexibility index (Phi) is 6.42. The summed E-state index contributed by atoms with van der Waals surface area (Å²) in [5.74, 6) is 0.743. The monoisotopic (exact) mass is 357 g/mol. The first-order valence-electron chi connectivity index (χ1n) is 8.99. The second-order valence-corrected chi connectivity index (χ2v) is 6.18. The van der Waals surface area contributed by atoms with Crippen molar-refractivity contribution in [3.8, 4) is 5.75 Å². The van der Waals surface area contributed by atoms with Crippen LogP contribution in [0.5, 0.6) is 5.75 Å². The molecule has 0 saturated carbocycles.